The van der Waals surface area contributed by atoms with E-state index in [1.165, 1.54) is 6.33 Å². The van der Waals surface area contributed by atoms with E-state index in [9.17, 15) is 5.11 Å². The second-order valence-corrected chi connectivity index (χ2v) is 9.04. The van der Waals surface area contributed by atoms with Gasteiger partial charge in [0.15, 0.2) is 0 Å². The zero-order valence-electron chi connectivity index (χ0n) is 18.1. The molecule has 172 valence electrons. The minimum atomic E-state index is -1.53. The Bertz CT molecular complexity index is 1010. The van der Waals surface area contributed by atoms with Crippen molar-refractivity contribution in [3.8, 4) is 0 Å². The van der Waals surface area contributed by atoms with E-state index in [-0.39, 0.29) is 18.2 Å². The van der Waals surface area contributed by atoms with Gasteiger partial charge in [0.05, 0.1) is 30.8 Å². The second kappa shape index (κ2) is 10.6. The van der Waals surface area contributed by atoms with E-state index in [4.69, 9.17) is 24.0 Å². The molecule has 5 atom stereocenters. The van der Waals surface area contributed by atoms with Crippen LogP contribution in [-0.2, 0) is 18.3 Å². The maximum atomic E-state index is 10.2. The average Bonchev–Trinajstić information content (AvgIpc) is 3.40. The largest absolute Gasteiger partial charge is 0.388 e. The molecule has 3 aromatic rings. The van der Waals surface area contributed by atoms with Crippen LogP contribution in [0, 0.1) is 5.92 Å². The van der Waals surface area contributed by atoms with E-state index in [1.807, 2.05) is 22.9 Å². The quantitative estimate of drug-likeness (QED) is 0.437. The van der Waals surface area contributed by atoms with Crippen molar-refractivity contribution >= 4 is 25.5 Å². The fraction of sp³-hybridized carbons (Fsp3) is 0.476. The number of hydrogen-bond acceptors (Lipinski definition) is 9. The highest BCUT2D eigenvalue weighted by Crippen LogP contribution is 2.42. The number of anilines is 1. The van der Waals surface area contributed by atoms with Gasteiger partial charge in [0, 0.05) is 38.0 Å². The molecule has 3 N–H and O–H groups in total. The summed E-state index contributed by atoms with van der Waals surface area (Å²) < 4.78 is 25.1. The molecule has 32 heavy (non-hydrogen) atoms. The van der Waals surface area contributed by atoms with Crippen LogP contribution in [0.2, 0.25) is 0 Å². The lowest BCUT2D eigenvalue weighted by molar-refractivity contribution is -0.0280. The molecule has 0 aromatic carbocycles. The van der Waals surface area contributed by atoms with Gasteiger partial charge in [-0.15, -0.1) is 0 Å². The van der Waals surface area contributed by atoms with Crippen molar-refractivity contribution in [3.05, 3.63) is 48.7 Å². The molecule has 1 aliphatic heterocycles. The molecule has 4 rings (SSSR count). The minimum Gasteiger partial charge on any atom is -0.388 e. The third kappa shape index (κ3) is 5.23. The first-order chi connectivity index (χ1) is 15.6. The topological polar surface area (TPSA) is 127 Å². The van der Waals surface area contributed by atoms with Crippen LogP contribution < -0.4 is 5.73 Å². The number of aliphatic hydroxyl groups excluding tert-OH is 1. The number of ether oxygens (including phenoxy) is 1. The maximum absolute atomic E-state index is 10.2. The summed E-state index contributed by atoms with van der Waals surface area (Å²) in [5.74, 6) is 0.718. The van der Waals surface area contributed by atoms with Crippen molar-refractivity contribution < 1.29 is 23.4 Å². The lowest BCUT2D eigenvalue weighted by Gasteiger charge is -2.20. The SMILES string of the molecule is COP(OCCC(O)c1cccnc1)OCC1CC(C)C(n2ccc3c(N)ncnc32)O1. The molecule has 0 aliphatic carbocycles. The zero-order chi connectivity index (χ0) is 22.5. The van der Waals surface area contributed by atoms with Crippen LogP contribution in [-0.4, -0.2) is 51.1 Å². The van der Waals surface area contributed by atoms with Crippen molar-refractivity contribution in [2.75, 3.05) is 26.1 Å². The minimum absolute atomic E-state index is 0.101. The monoisotopic (exact) mass is 461 g/mol. The predicted octanol–water partition coefficient (Wildman–Crippen LogP) is 3.36. The van der Waals surface area contributed by atoms with Gasteiger partial charge in [-0.25, -0.2) is 9.97 Å². The molecule has 4 heterocycles. The molecule has 1 fully saturated rings. The number of nitrogens with two attached hydrogens (primary N) is 1. The van der Waals surface area contributed by atoms with E-state index >= 15 is 0 Å². The van der Waals surface area contributed by atoms with Gasteiger partial charge in [0.25, 0.3) is 0 Å². The highest BCUT2D eigenvalue weighted by Gasteiger charge is 2.35. The Morgan fingerprint density at radius 2 is 2.22 bits per heavy atom. The van der Waals surface area contributed by atoms with Crippen molar-refractivity contribution in [1.29, 1.82) is 0 Å². The van der Waals surface area contributed by atoms with Gasteiger partial charge in [-0.1, -0.05) is 13.0 Å². The number of aromatic nitrogens is 4. The maximum Gasteiger partial charge on any atom is 0.332 e. The summed E-state index contributed by atoms with van der Waals surface area (Å²) in [6.45, 7) is 2.79. The fourth-order valence-corrected chi connectivity index (χ4v) is 4.65. The van der Waals surface area contributed by atoms with Gasteiger partial charge in [0.1, 0.15) is 24.0 Å². The highest BCUT2D eigenvalue weighted by atomic mass is 31.2. The Kier molecular flexibility index (Phi) is 7.62. The molecule has 1 saturated heterocycles. The number of rotatable bonds is 10. The lowest BCUT2D eigenvalue weighted by Crippen LogP contribution is -2.16. The molecular formula is C21H28N5O5P. The highest BCUT2D eigenvalue weighted by molar-refractivity contribution is 7.41. The standard InChI is InChI=1S/C21H28N5O5P/c1-14-10-16(31-21(14)26-8-5-17-19(22)24-13-25-20(17)26)12-30-32(28-2)29-9-6-18(27)15-4-3-7-23-11-15/h3-5,7-8,11,13-14,16,18,21,27H,6,9-10,12H2,1-2H3,(H2,22,24,25). The van der Waals surface area contributed by atoms with Gasteiger partial charge >= 0.3 is 8.60 Å². The van der Waals surface area contributed by atoms with E-state index in [0.717, 1.165) is 23.0 Å². The summed E-state index contributed by atoms with van der Waals surface area (Å²) in [4.78, 5) is 12.4. The lowest BCUT2D eigenvalue weighted by atomic mass is 10.1. The molecule has 0 radical (unpaired) electrons. The summed E-state index contributed by atoms with van der Waals surface area (Å²) in [6, 6.07) is 5.53. The molecule has 5 unspecified atom stereocenters. The molecule has 11 heteroatoms. The molecular weight excluding hydrogens is 433 g/mol. The predicted molar refractivity (Wildman–Crippen MR) is 119 cm³/mol. The van der Waals surface area contributed by atoms with Crippen molar-refractivity contribution in [3.63, 3.8) is 0 Å². The van der Waals surface area contributed by atoms with Crippen molar-refractivity contribution in [2.45, 2.75) is 38.2 Å². The van der Waals surface area contributed by atoms with Crippen LogP contribution in [0.15, 0.2) is 43.1 Å². The number of hydrogen-bond donors (Lipinski definition) is 2. The van der Waals surface area contributed by atoms with Crippen LogP contribution in [0.25, 0.3) is 11.0 Å². The number of fused-ring (bicyclic) bond motifs is 1. The first-order valence-corrected chi connectivity index (χ1v) is 11.6. The first-order valence-electron chi connectivity index (χ1n) is 10.5. The Hall–Kier alpha value is -2.20. The number of aliphatic hydroxyl groups is 1. The Labute approximate surface area is 187 Å². The molecule has 0 saturated carbocycles. The normalized spacial score (nSPS) is 22.9. The molecule has 3 aromatic heterocycles. The van der Waals surface area contributed by atoms with E-state index in [1.54, 1.807) is 25.6 Å². The van der Waals surface area contributed by atoms with Crippen LogP contribution in [0.3, 0.4) is 0 Å². The van der Waals surface area contributed by atoms with Crippen molar-refractivity contribution in [2.24, 2.45) is 5.92 Å². The molecule has 10 nitrogen and oxygen atoms in total. The van der Waals surface area contributed by atoms with Gasteiger partial charge < -0.3 is 33.7 Å². The summed E-state index contributed by atoms with van der Waals surface area (Å²) in [6.07, 6.45) is 7.04. The Morgan fingerprint density at radius 3 is 3.00 bits per heavy atom. The third-order valence-electron chi connectivity index (χ3n) is 5.44. The smallest absolute Gasteiger partial charge is 0.332 e. The summed E-state index contributed by atoms with van der Waals surface area (Å²) in [5, 5.41) is 11.0. The molecule has 0 bridgehead atoms. The van der Waals surface area contributed by atoms with Gasteiger partial charge in [-0.3, -0.25) is 4.98 Å². The van der Waals surface area contributed by atoms with Crippen LogP contribution in [0.4, 0.5) is 5.82 Å². The Balaban J connectivity index is 1.26. The molecule has 0 spiro atoms. The van der Waals surface area contributed by atoms with Crippen molar-refractivity contribution in [1.82, 2.24) is 19.5 Å². The summed E-state index contributed by atoms with van der Waals surface area (Å²) in [5.41, 5.74) is 7.46. The number of nitrogen functional groups attached to an aromatic ring is 1. The van der Waals surface area contributed by atoms with Gasteiger partial charge in [0.2, 0.25) is 0 Å². The van der Waals surface area contributed by atoms with Crippen LogP contribution in [0.5, 0.6) is 0 Å². The summed E-state index contributed by atoms with van der Waals surface area (Å²) in [7, 11) is 0.0109. The second-order valence-electron chi connectivity index (χ2n) is 7.71. The first kappa shape index (κ1) is 23.0. The molecule has 0 amide bonds. The van der Waals surface area contributed by atoms with Crippen LogP contribution in [0.1, 0.15) is 37.7 Å². The number of pyridine rings is 1. The third-order valence-corrected chi connectivity index (χ3v) is 6.49. The van der Waals surface area contributed by atoms with E-state index in [2.05, 4.69) is 21.9 Å². The zero-order valence-corrected chi connectivity index (χ0v) is 19.0. The van der Waals surface area contributed by atoms with E-state index in [0.29, 0.717) is 25.5 Å². The van der Waals surface area contributed by atoms with Gasteiger partial charge in [-0.2, -0.15) is 0 Å². The van der Waals surface area contributed by atoms with Gasteiger partial charge in [-0.05, 0) is 24.1 Å². The Morgan fingerprint density at radius 1 is 1.34 bits per heavy atom. The molecule has 1 aliphatic rings. The van der Waals surface area contributed by atoms with Crippen LogP contribution >= 0.6 is 8.60 Å². The fourth-order valence-electron chi connectivity index (χ4n) is 3.83. The summed E-state index contributed by atoms with van der Waals surface area (Å²) >= 11 is 0. The number of nitrogens with zero attached hydrogens (tertiary/aromatic N) is 4. The van der Waals surface area contributed by atoms with E-state index < -0.39 is 14.7 Å². The average molecular weight is 461 g/mol.